The molecule has 3 N–H and O–H groups in total. The van der Waals surface area contributed by atoms with E-state index in [-0.39, 0.29) is 52.9 Å². The summed E-state index contributed by atoms with van der Waals surface area (Å²) in [5.41, 5.74) is 1.53. The Labute approximate surface area is 230 Å². The monoisotopic (exact) mass is 557 g/mol. The molecule has 0 aliphatic carbocycles. The van der Waals surface area contributed by atoms with Crippen molar-refractivity contribution in [2.24, 2.45) is 24.8 Å². The second-order valence-corrected chi connectivity index (χ2v) is 12.5. The first-order valence-corrected chi connectivity index (χ1v) is 14.5. The Balaban J connectivity index is 1.84. The van der Waals surface area contributed by atoms with E-state index in [2.05, 4.69) is 25.9 Å². The van der Waals surface area contributed by atoms with E-state index in [0.29, 0.717) is 27.2 Å². The van der Waals surface area contributed by atoms with Crippen molar-refractivity contribution in [3.8, 4) is 0 Å². The van der Waals surface area contributed by atoms with Gasteiger partial charge in [0.25, 0.3) is 17.7 Å². The van der Waals surface area contributed by atoms with Crippen LogP contribution in [0, 0.1) is 24.7 Å². The SMILES string of the molecule is Cc1c2nc(n1C)[C@H](C(C)C)NC(=O)c1csc(n1)[C@H](C(C)C)NC(=O)c1csc(n1)[C@H](C(C)C)NC2=O. The number of thiazole rings is 2. The minimum absolute atomic E-state index is 0.00100. The Morgan fingerprint density at radius 3 is 1.58 bits per heavy atom. The summed E-state index contributed by atoms with van der Waals surface area (Å²) in [6, 6.07) is -1.24. The fourth-order valence-corrected chi connectivity index (χ4v) is 6.40. The molecule has 1 aliphatic heterocycles. The van der Waals surface area contributed by atoms with Crippen molar-refractivity contribution in [3.63, 3.8) is 0 Å². The predicted octanol–water partition coefficient (Wildman–Crippen LogP) is 4.34. The van der Waals surface area contributed by atoms with Crippen LogP contribution in [0.15, 0.2) is 10.8 Å². The van der Waals surface area contributed by atoms with Gasteiger partial charge in [0.2, 0.25) is 0 Å². The molecule has 3 atom stereocenters. The van der Waals surface area contributed by atoms with E-state index in [1.807, 2.05) is 60.1 Å². The lowest BCUT2D eigenvalue weighted by atomic mass is 10.0. The van der Waals surface area contributed by atoms with Crippen LogP contribution in [0.3, 0.4) is 0 Å². The van der Waals surface area contributed by atoms with Crippen molar-refractivity contribution >= 4 is 40.4 Å². The lowest BCUT2D eigenvalue weighted by Gasteiger charge is -2.22. The highest BCUT2D eigenvalue weighted by Gasteiger charge is 2.31. The molecular formula is C26H35N7O3S2. The van der Waals surface area contributed by atoms with Crippen molar-refractivity contribution in [2.75, 3.05) is 0 Å². The van der Waals surface area contributed by atoms with E-state index in [1.165, 1.54) is 22.7 Å². The van der Waals surface area contributed by atoms with E-state index < -0.39 is 12.1 Å². The van der Waals surface area contributed by atoms with Gasteiger partial charge in [-0.25, -0.2) is 15.0 Å². The number of imidazole rings is 1. The van der Waals surface area contributed by atoms with E-state index in [4.69, 9.17) is 4.98 Å². The number of amides is 3. The van der Waals surface area contributed by atoms with Crippen LogP contribution in [0.2, 0.25) is 0 Å². The second kappa shape index (κ2) is 10.9. The molecule has 6 bridgehead atoms. The van der Waals surface area contributed by atoms with Crippen molar-refractivity contribution in [3.05, 3.63) is 49.4 Å². The van der Waals surface area contributed by atoms with Crippen molar-refractivity contribution < 1.29 is 14.4 Å². The molecule has 1 aliphatic rings. The molecule has 4 heterocycles. The molecule has 0 saturated heterocycles. The van der Waals surface area contributed by atoms with Crippen LogP contribution in [0.5, 0.6) is 0 Å². The largest absolute Gasteiger partial charge is 0.341 e. The number of nitrogens with one attached hydrogen (secondary N) is 3. The van der Waals surface area contributed by atoms with Gasteiger partial charge < -0.3 is 20.5 Å². The molecule has 10 nitrogen and oxygen atoms in total. The summed E-state index contributed by atoms with van der Waals surface area (Å²) < 4.78 is 1.85. The third-order valence-electron chi connectivity index (χ3n) is 6.81. The second-order valence-electron chi connectivity index (χ2n) is 10.7. The molecule has 0 saturated carbocycles. The Kier molecular flexibility index (Phi) is 8.03. The summed E-state index contributed by atoms with van der Waals surface area (Å²) in [4.78, 5) is 53.8. The highest BCUT2D eigenvalue weighted by atomic mass is 32.1. The fourth-order valence-electron chi connectivity index (χ4n) is 4.36. The van der Waals surface area contributed by atoms with Gasteiger partial charge in [0.05, 0.1) is 18.1 Å². The van der Waals surface area contributed by atoms with Gasteiger partial charge >= 0.3 is 0 Å². The standard InChI is InChI=1S/C26H35N7O3S2/c1-11(2)17-21-29-20(14(7)33(21)8)24(36)32-19(13(5)6)26-28-16(10-38-26)23(35)31-18(12(3)4)25-27-15(9-37-25)22(34)30-17/h9-13,17-19H,1-8H3,(H,30,34)(H,31,35)(H,32,36)/t17-,18-,19-/m0/s1. The van der Waals surface area contributed by atoms with Crippen molar-refractivity contribution in [1.29, 1.82) is 0 Å². The van der Waals surface area contributed by atoms with E-state index in [0.717, 1.165) is 0 Å². The Morgan fingerprint density at radius 2 is 1.13 bits per heavy atom. The van der Waals surface area contributed by atoms with Gasteiger partial charge in [0, 0.05) is 23.5 Å². The first kappa shape index (κ1) is 27.9. The maximum Gasteiger partial charge on any atom is 0.272 e. The van der Waals surface area contributed by atoms with Crippen LogP contribution < -0.4 is 16.0 Å². The van der Waals surface area contributed by atoms with Gasteiger partial charge in [0.1, 0.15) is 32.9 Å². The number of carbonyl (C=O) groups excluding carboxylic acids is 3. The van der Waals surface area contributed by atoms with Crippen LogP contribution in [0.1, 0.15) is 113 Å². The zero-order valence-electron chi connectivity index (χ0n) is 22.9. The third kappa shape index (κ3) is 5.37. The van der Waals surface area contributed by atoms with Gasteiger partial charge in [-0.3, -0.25) is 14.4 Å². The van der Waals surface area contributed by atoms with Crippen LogP contribution in [0.25, 0.3) is 0 Å². The topological polar surface area (TPSA) is 131 Å². The van der Waals surface area contributed by atoms with Gasteiger partial charge in [-0.1, -0.05) is 41.5 Å². The predicted molar refractivity (Wildman–Crippen MR) is 147 cm³/mol. The molecule has 38 heavy (non-hydrogen) atoms. The Morgan fingerprint density at radius 1 is 0.711 bits per heavy atom. The maximum atomic E-state index is 13.5. The number of fused-ring (bicyclic) bond motifs is 6. The van der Waals surface area contributed by atoms with Crippen LogP contribution in [0.4, 0.5) is 0 Å². The molecule has 0 fully saturated rings. The summed E-state index contributed by atoms with van der Waals surface area (Å²) >= 11 is 2.68. The summed E-state index contributed by atoms with van der Waals surface area (Å²) in [6.45, 7) is 13.8. The fraction of sp³-hybridized carbons (Fsp3) is 0.538. The average molecular weight is 558 g/mol. The summed E-state index contributed by atoms with van der Waals surface area (Å²) in [5.74, 6) is -0.344. The van der Waals surface area contributed by atoms with Gasteiger partial charge in [-0.05, 0) is 24.7 Å². The third-order valence-corrected chi connectivity index (χ3v) is 8.67. The van der Waals surface area contributed by atoms with E-state index >= 15 is 0 Å². The maximum absolute atomic E-state index is 13.5. The zero-order valence-corrected chi connectivity index (χ0v) is 24.6. The van der Waals surface area contributed by atoms with Crippen LogP contribution in [-0.2, 0) is 7.05 Å². The number of rotatable bonds is 3. The van der Waals surface area contributed by atoms with E-state index in [9.17, 15) is 14.4 Å². The first-order chi connectivity index (χ1) is 17.9. The zero-order chi connectivity index (χ0) is 27.9. The van der Waals surface area contributed by atoms with Gasteiger partial charge in [-0.2, -0.15) is 0 Å². The number of hydrogen-bond donors (Lipinski definition) is 3. The first-order valence-electron chi connectivity index (χ1n) is 12.8. The normalized spacial score (nSPS) is 20.8. The molecule has 3 amide bonds. The number of nitrogens with zero attached hydrogens (tertiary/aromatic N) is 4. The number of carbonyl (C=O) groups is 3. The summed E-state index contributed by atoms with van der Waals surface area (Å²) in [7, 11) is 1.84. The van der Waals surface area contributed by atoms with Crippen molar-refractivity contribution in [1.82, 2.24) is 35.5 Å². The molecule has 0 unspecified atom stereocenters. The minimum atomic E-state index is -0.445. The molecular weight excluding hydrogens is 522 g/mol. The molecule has 3 aromatic rings. The van der Waals surface area contributed by atoms with Crippen LogP contribution >= 0.6 is 22.7 Å². The smallest absolute Gasteiger partial charge is 0.272 e. The lowest BCUT2D eigenvalue weighted by molar-refractivity contribution is 0.0914. The molecule has 204 valence electrons. The molecule has 0 aromatic carbocycles. The lowest BCUT2D eigenvalue weighted by Crippen LogP contribution is -2.35. The number of hydrogen-bond acceptors (Lipinski definition) is 8. The van der Waals surface area contributed by atoms with Gasteiger partial charge in [-0.15, -0.1) is 22.7 Å². The van der Waals surface area contributed by atoms with E-state index in [1.54, 1.807) is 10.8 Å². The summed E-state index contributed by atoms with van der Waals surface area (Å²) in [6.07, 6.45) is 0. The molecule has 3 aromatic heterocycles. The molecule has 0 spiro atoms. The van der Waals surface area contributed by atoms with Crippen LogP contribution in [-0.4, -0.2) is 37.2 Å². The Hall–Kier alpha value is -3.12. The molecule has 12 heteroatoms. The Bertz CT molecular complexity index is 1350. The molecule has 4 rings (SSSR count). The van der Waals surface area contributed by atoms with Crippen molar-refractivity contribution in [2.45, 2.75) is 66.6 Å². The summed E-state index contributed by atoms with van der Waals surface area (Å²) in [5, 5.41) is 13.9. The average Bonchev–Trinajstić information content (AvgIpc) is 3.59. The highest BCUT2D eigenvalue weighted by Crippen LogP contribution is 2.30. The molecule has 0 radical (unpaired) electrons. The number of aromatic nitrogens is 4. The quantitative estimate of drug-likeness (QED) is 0.439. The highest BCUT2D eigenvalue weighted by molar-refractivity contribution is 7.10. The minimum Gasteiger partial charge on any atom is -0.341 e. The van der Waals surface area contributed by atoms with Gasteiger partial charge in [0.15, 0.2) is 0 Å².